The summed E-state index contributed by atoms with van der Waals surface area (Å²) in [5.74, 6) is 0. The fourth-order valence-corrected chi connectivity index (χ4v) is 0.844. The van der Waals surface area contributed by atoms with Crippen LogP contribution in [0, 0.1) is 0 Å². The van der Waals surface area contributed by atoms with Crippen molar-refractivity contribution in [1.29, 1.82) is 0 Å². The molecule has 1 rings (SSSR count). The normalized spacial score (nSPS) is 10.3. The van der Waals surface area contributed by atoms with E-state index in [1.807, 2.05) is 0 Å². The Bertz CT molecular complexity index is 311. The molecule has 0 unspecified atom stereocenters. The molecule has 0 spiro atoms. The second-order valence-corrected chi connectivity index (χ2v) is 2.89. The zero-order valence-electron chi connectivity index (χ0n) is 5.21. The number of hydrogen-bond acceptors (Lipinski definition) is 4. The lowest BCUT2D eigenvalue weighted by atomic mass is 10.7. The molecule has 0 radical (unpaired) electrons. The van der Waals surface area contributed by atoms with Crippen LogP contribution in [0.4, 0.5) is 0 Å². The number of nitrogens with zero attached hydrogens (tertiary/aromatic N) is 2. The average molecular weight is 197 g/mol. The summed E-state index contributed by atoms with van der Waals surface area (Å²) < 4.78 is 29.0. The van der Waals surface area contributed by atoms with E-state index >= 15 is 0 Å². The molecule has 7 heteroatoms. The maximum Gasteiger partial charge on any atom is 0.312 e. The Morgan fingerprint density at radius 2 is 2.09 bits per heavy atom. The van der Waals surface area contributed by atoms with Gasteiger partial charge in [0.2, 0.25) is 0 Å². The minimum absolute atomic E-state index is 0. The van der Waals surface area contributed by atoms with Gasteiger partial charge in [-0.2, -0.15) is 8.42 Å². The van der Waals surface area contributed by atoms with E-state index in [4.69, 9.17) is 4.55 Å². The third-order valence-corrected chi connectivity index (χ3v) is 1.59. The number of halogens is 1. The van der Waals surface area contributed by atoms with E-state index in [0.29, 0.717) is 0 Å². The van der Waals surface area contributed by atoms with Crippen LogP contribution in [0.1, 0.15) is 0 Å². The summed E-state index contributed by atoms with van der Waals surface area (Å²) in [6.45, 7) is 0. The molecule has 0 saturated carbocycles. The van der Waals surface area contributed by atoms with Crippen molar-refractivity contribution in [2.24, 2.45) is 0 Å². The van der Waals surface area contributed by atoms with Gasteiger partial charge in [-0.1, -0.05) is 0 Å². The van der Waals surface area contributed by atoms with Crippen molar-refractivity contribution >= 4 is 22.5 Å². The Morgan fingerprint density at radius 3 is 2.36 bits per heavy atom. The maximum atomic E-state index is 10.3. The standard InChI is InChI=1S/C4H4N2O3S.ClH/c7-10(8,9)4-1-2-5-3-6-4;/h1-3H,(H,7,8,9);1H. The van der Waals surface area contributed by atoms with Crippen molar-refractivity contribution in [1.82, 2.24) is 9.97 Å². The van der Waals surface area contributed by atoms with Crippen molar-refractivity contribution in [2.75, 3.05) is 0 Å². The molecule has 0 aliphatic heterocycles. The maximum absolute atomic E-state index is 10.3. The lowest BCUT2D eigenvalue weighted by Gasteiger charge is -1.90. The molecule has 0 atom stereocenters. The predicted molar refractivity (Wildman–Crippen MR) is 39.1 cm³/mol. The monoisotopic (exact) mass is 196 g/mol. The van der Waals surface area contributed by atoms with Crippen LogP contribution >= 0.6 is 12.4 Å². The summed E-state index contributed by atoms with van der Waals surface area (Å²) in [6.07, 6.45) is 2.28. The van der Waals surface area contributed by atoms with Crippen molar-refractivity contribution < 1.29 is 13.0 Å². The fourth-order valence-electron chi connectivity index (χ4n) is 0.431. The smallest absolute Gasteiger partial charge is 0.281 e. The van der Waals surface area contributed by atoms with E-state index in [1.165, 1.54) is 6.20 Å². The van der Waals surface area contributed by atoms with Gasteiger partial charge in [0.15, 0.2) is 5.03 Å². The van der Waals surface area contributed by atoms with Crippen molar-refractivity contribution in [2.45, 2.75) is 5.03 Å². The summed E-state index contributed by atoms with van der Waals surface area (Å²) in [5.41, 5.74) is 0. The third-order valence-electron chi connectivity index (χ3n) is 0.819. The SMILES string of the molecule is Cl.O=S(=O)(O)c1ccncn1. The van der Waals surface area contributed by atoms with E-state index < -0.39 is 10.1 Å². The van der Waals surface area contributed by atoms with Gasteiger partial charge in [0.1, 0.15) is 6.33 Å². The molecule has 0 fully saturated rings. The summed E-state index contributed by atoms with van der Waals surface area (Å²) in [4.78, 5) is 6.77. The Kier molecular flexibility index (Phi) is 3.37. The minimum atomic E-state index is -4.15. The molecular formula is C4H5ClN2O3S. The van der Waals surface area contributed by atoms with E-state index in [0.717, 1.165) is 12.4 Å². The zero-order valence-corrected chi connectivity index (χ0v) is 6.84. The second-order valence-electron chi connectivity index (χ2n) is 1.52. The van der Waals surface area contributed by atoms with Crippen LogP contribution in [0.2, 0.25) is 0 Å². The van der Waals surface area contributed by atoms with Crippen LogP contribution in [0.5, 0.6) is 0 Å². The lowest BCUT2D eigenvalue weighted by molar-refractivity contribution is 0.479. The molecule has 1 aromatic rings. The van der Waals surface area contributed by atoms with Crippen molar-refractivity contribution in [3.63, 3.8) is 0 Å². The molecule has 0 aliphatic carbocycles. The highest BCUT2D eigenvalue weighted by molar-refractivity contribution is 7.85. The van der Waals surface area contributed by atoms with Gasteiger partial charge < -0.3 is 0 Å². The van der Waals surface area contributed by atoms with E-state index in [-0.39, 0.29) is 17.4 Å². The molecule has 1 heterocycles. The first kappa shape index (κ1) is 10.3. The zero-order chi connectivity index (χ0) is 7.61. The topological polar surface area (TPSA) is 80.2 Å². The van der Waals surface area contributed by atoms with Crippen molar-refractivity contribution in [3.05, 3.63) is 18.6 Å². The quantitative estimate of drug-likeness (QED) is 0.511. The minimum Gasteiger partial charge on any atom is -0.281 e. The molecule has 0 amide bonds. The number of rotatable bonds is 1. The van der Waals surface area contributed by atoms with E-state index in [9.17, 15) is 8.42 Å². The molecule has 62 valence electrons. The van der Waals surface area contributed by atoms with Crippen LogP contribution in [-0.4, -0.2) is 22.9 Å². The molecule has 1 N–H and O–H groups in total. The molecule has 0 aromatic carbocycles. The summed E-state index contributed by atoms with van der Waals surface area (Å²) in [5, 5.41) is -0.387. The first-order valence-corrected chi connectivity index (χ1v) is 3.78. The van der Waals surface area contributed by atoms with Gasteiger partial charge >= 0.3 is 10.1 Å². The largest absolute Gasteiger partial charge is 0.312 e. The first-order valence-electron chi connectivity index (χ1n) is 2.34. The van der Waals surface area contributed by atoms with Gasteiger partial charge in [-0.05, 0) is 6.07 Å². The van der Waals surface area contributed by atoms with Crippen LogP contribution in [-0.2, 0) is 10.1 Å². The fraction of sp³-hybridized carbons (Fsp3) is 0. The van der Waals surface area contributed by atoms with E-state index in [1.54, 1.807) is 0 Å². The molecule has 5 nitrogen and oxygen atoms in total. The molecule has 0 aliphatic rings. The first-order chi connectivity index (χ1) is 4.61. The van der Waals surface area contributed by atoms with Gasteiger partial charge in [-0.25, -0.2) is 9.97 Å². The van der Waals surface area contributed by atoms with Crippen molar-refractivity contribution in [3.8, 4) is 0 Å². The molecular weight excluding hydrogens is 192 g/mol. The van der Waals surface area contributed by atoms with Gasteiger partial charge in [-0.3, -0.25) is 4.55 Å². The average Bonchev–Trinajstić information content (AvgIpc) is 1.88. The Hall–Kier alpha value is -0.720. The van der Waals surface area contributed by atoms with Gasteiger partial charge in [0.25, 0.3) is 0 Å². The van der Waals surface area contributed by atoms with Crippen LogP contribution < -0.4 is 0 Å². The Labute approximate surface area is 69.7 Å². The van der Waals surface area contributed by atoms with Gasteiger partial charge in [0.05, 0.1) is 0 Å². The number of aromatic nitrogens is 2. The van der Waals surface area contributed by atoms with Gasteiger partial charge in [-0.15, -0.1) is 12.4 Å². The molecule has 0 saturated heterocycles. The lowest BCUT2D eigenvalue weighted by Crippen LogP contribution is -2.00. The summed E-state index contributed by atoms with van der Waals surface area (Å²) in [6, 6.07) is 1.11. The highest BCUT2D eigenvalue weighted by Crippen LogP contribution is 1.99. The Morgan fingerprint density at radius 1 is 1.45 bits per heavy atom. The molecule has 0 bridgehead atoms. The molecule has 1 aromatic heterocycles. The van der Waals surface area contributed by atoms with E-state index in [2.05, 4.69) is 9.97 Å². The van der Waals surface area contributed by atoms with Crippen LogP contribution in [0.15, 0.2) is 23.6 Å². The second kappa shape index (κ2) is 3.61. The predicted octanol–water partition coefficient (Wildman–Crippen LogP) is 0.145. The van der Waals surface area contributed by atoms with Crippen LogP contribution in [0.3, 0.4) is 0 Å². The van der Waals surface area contributed by atoms with Crippen LogP contribution in [0.25, 0.3) is 0 Å². The number of hydrogen-bond donors (Lipinski definition) is 1. The molecule has 11 heavy (non-hydrogen) atoms. The van der Waals surface area contributed by atoms with Gasteiger partial charge in [0, 0.05) is 6.20 Å². The highest BCUT2D eigenvalue weighted by Gasteiger charge is 2.08. The summed E-state index contributed by atoms with van der Waals surface area (Å²) >= 11 is 0. The Balaban J connectivity index is 0.000001000. The summed E-state index contributed by atoms with van der Waals surface area (Å²) in [7, 11) is -4.15. The third kappa shape index (κ3) is 2.79. The highest BCUT2D eigenvalue weighted by atomic mass is 35.5.